The van der Waals surface area contributed by atoms with E-state index in [1.165, 1.54) is 26.2 Å². The number of carbonyl (C=O) groups excluding carboxylic acids is 2. The van der Waals surface area contributed by atoms with E-state index in [1.54, 1.807) is 0 Å². The third kappa shape index (κ3) is 5.11. The van der Waals surface area contributed by atoms with Crippen molar-refractivity contribution in [2.45, 2.75) is 32.0 Å². The van der Waals surface area contributed by atoms with Crippen LogP contribution in [0.3, 0.4) is 0 Å². The van der Waals surface area contributed by atoms with E-state index in [4.69, 9.17) is 5.73 Å². The zero-order valence-corrected chi connectivity index (χ0v) is 18.8. The van der Waals surface area contributed by atoms with Gasteiger partial charge in [0.25, 0.3) is 0 Å². The number of aromatic amines is 1. The van der Waals surface area contributed by atoms with Gasteiger partial charge in [0.2, 0.25) is 0 Å². The average molecular weight is 525 g/mol. The summed E-state index contributed by atoms with van der Waals surface area (Å²) in [7, 11) is 0. The summed E-state index contributed by atoms with van der Waals surface area (Å²) in [4.78, 5) is 30.1. The van der Waals surface area contributed by atoms with Gasteiger partial charge in [0.05, 0.1) is 35.0 Å². The van der Waals surface area contributed by atoms with Gasteiger partial charge in [0.15, 0.2) is 0 Å². The van der Waals surface area contributed by atoms with E-state index in [1.807, 2.05) is 0 Å². The predicted molar refractivity (Wildman–Crippen MR) is 110 cm³/mol. The van der Waals surface area contributed by atoms with Gasteiger partial charge in [-0.1, -0.05) is 12.1 Å². The Morgan fingerprint density at radius 2 is 1.89 bits per heavy atom. The summed E-state index contributed by atoms with van der Waals surface area (Å²) >= 11 is 0. The molecule has 3 aromatic rings. The molecule has 1 unspecified atom stereocenters. The van der Waals surface area contributed by atoms with Crippen LogP contribution >= 0.6 is 0 Å². The third-order valence-electron chi connectivity index (χ3n) is 5.20. The molecule has 0 bridgehead atoms. The van der Waals surface area contributed by atoms with E-state index < -0.39 is 41.3 Å². The zero-order chi connectivity index (χ0) is 25.4. The largest absolute Gasteiger partial charge is 1.00 e. The lowest BCUT2D eigenvalue weighted by atomic mass is 10.0. The highest BCUT2D eigenvalue weighted by atomic mass is 35.5. The Hall–Kier alpha value is -3.55. The number of pyridine rings is 1. The van der Waals surface area contributed by atoms with E-state index in [-0.39, 0.29) is 43.5 Å². The summed E-state index contributed by atoms with van der Waals surface area (Å²) in [5.41, 5.74) is 4.16. The number of alkyl halides is 5. The Labute approximate surface area is 201 Å². The molecule has 2 heterocycles. The predicted octanol–water partition coefficient (Wildman–Crippen LogP) is 0.998. The molecular formula is C20H19ClF6N6O2. The lowest BCUT2D eigenvalue weighted by Crippen LogP contribution is -3.00. The first-order valence-electron chi connectivity index (χ1n) is 9.73. The number of benzene rings is 1. The number of aromatic nitrogens is 3. The lowest BCUT2D eigenvalue weighted by Gasteiger charge is -2.28. The van der Waals surface area contributed by atoms with Gasteiger partial charge < -0.3 is 28.4 Å². The second-order valence-electron chi connectivity index (χ2n) is 7.25. The number of rotatable bonds is 5. The second kappa shape index (κ2) is 9.98. The van der Waals surface area contributed by atoms with Crippen LogP contribution in [-0.4, -0.2) is 44.6 Å². The van der Waals surface area contributed by atoms with Crippen molar-refractivity contribution in [3.05, 3.63) is 47.5 Å². The molecule has 0 saturated heterocycles. The highest BCUT2D eigenvalue weighted by molar-refractivity contribution is 6.40. The SMILES string of the molecule is CCN(C(=O)C(=O)Nc1cnc(N)c2cn[nH]c12)C(C)c1ccc(C(F)(F)C(F)(F)F)cc1F.[Cl-].[H+]. The molecule has 190 valence electrons. The van der Waals surface area contributed by atoms with E-state index >= 15 is 0 Å². The van der Waals surface area contributed by atoms with Crippen LogP contribution in [0.25, 0.3) is 10.9 Å². The number of nitrogens with two attached hydrogens (primary N) is 1. The molecule has 0 aliphatic heterocycles. The van der Waals surface area contributed by atoms with Gasteiger partial charge in [0, 0.05) is 17.7 Å². The Morgan fingerprint density at radius 1 is 1.23 bits per heavy atom. The topological polar surface area (TPSA) is 117 Å². The number of nitrogens with zero attached hydrogens (tertiary/aromatic N) is 3. The summed E-state index contributed by atoms with van der Waals surface area (Å²) in [6.45, 7) is 2.67. The van der Waals surface area contributed by atoms with Crippen LogP contribution in [0.5, 0.6) is 0 Å². The van der Waals surface area contributed by atoms with Gasteiger partial charge >= 0.3 is 25.3 Å². The zero-order valence-electron chi connectivity index (χ0n) is 19.1. The summed E-state index contributed by atoms with van der Waals surface area (Å²) in [5, 5.41) is 9.12. The van der Waals surface area contributed by atoms with Crippen molar-refractivity contribution < 1.29 is 49.8 Å². The van der Waals surface area contributed by atoms with E-state index in [0.717, 1.165) is 11.0 Å². The Bertz CT molecular complexity index is 1260. The molecule has 0 radical (unpaired) electrons. The van der Waals surface area contributed by atoms with E-state index in [2.05, 4.69) is 20.5 Å². The number of hydrogen-bond acceptors (Lipinski definition) is 5. The maximum atomic E-state index is 14.5. The Balaban J connectivity index is 0.00000324. The number of carbonyl (C=O) groups is 2. The lowest BCUT2D eigenvalue weighted by molar-refractivity contribution is -0.289. The minimum absolute atomic E-state index is 0. The quantitative estimate of drug-likeness (QED) is 0.340. The van der Waals surface area contributed by atoms with Crippen molar-refractivity contribution >= 4 is 34.2 Å². The maximum Gasteiger partial charge on any atom is 1.00 e. The molecule has 0 spiro atoms. The molecule has 8 nitrogen and oxygen atoms in total. The van der Waals surface area contributed by atoms with Gasteiger partial charge in [-0.2, -0.15) is 27.1 Å². The summed E-state index contributed by atoms with van der Waals surface area (Å²) < 4.78 is 79.3. The van der Waals surface area contributed by atoms with Crippen molar-refractivity contribution in [2.24, 2.45) is 0 Å². The van der Waals surface area contributed by atoms with Crippen LogP contribution in [0.1, 0.15) is 32.4 Å². The van der Waals surface area contributed by atoms with Crippen molar-refractivity contribution in [1.82, 2.24) is 20.1 Å². The van der Waals surface area contributed by atoms with Crippen molar-refractivity contribution in [3.8, 4) is 0 Å². The fourth-order valence-corrected chi connectivity index (χ4v) is 3.34. The number of halogens is 7. The molecule has 15 heteroatoms. The monoisotopic (exact) mass is 524 g/mol. The Morgan fingerprint density at radius 3 is 2.46 bits per heavy atom. The molecule has 0 aliphatic carbocycles. The maximum absolute atomic E-state index is 14.5. The number of nitrogens with one attached hydrogen (secondary N) is 2. The smallest absolute Gasteiger partial charge is 1.00 e. The third-order valence-corrected chi connectivity index (χ3v) is 5.20. The first kappa shape index (κ1) is 27.7. The fourth-order valence-electron chi connectivity index (χ4n) is 3.34. The number of hydrogen-bond donors (Lipinski definition) is 3. The van der Waals surface area contributed by atoms with E-state index in [0.29, 0.717) is 17.0 Å². The molecule has 1 atom stereocenters. The number of H-pyrrole nitrogens is 1. The number of amides is 2. The van der Waals surface area contributed by atoms with Crippen LogP contribution in [0.15, 0.2) is 30.6 Å². The summed E-state index contributed by atoms with van der Waals surface area (Å²) in [6.07, 6.45) is -3.35. The minimum atomic E-state index is -5.91. The standard InChI is InChI=1S/C20H18F6N6O2.ClH/c1-3-32(9(2)11-5-4-10(6-13(11)21)19(22,23)20(24,25)26)18(34)17(33)30-14-8-28-16(27)12-7-29-31-15(12)14;/h4-9H,3H2,1-2H3,(H2,27,28)(H,29,31)(H,30,33);1H. The van der Waals surface area contributed by atoms with E-state index in [9.17, 15) is 35.9 Å². The van der Waals surface area contributed by atoms with Crippen LogP contribution in [-0.2, 0) is 15.5 Å². The molecule has 2 amide bonds. The normalized spacial score (nSPS) is 12.7. The number of nitrogen functional groups attached to an aromatic ring is 1. The molecule has 1 aromatic carbocycles. The van der Waals surface area contributed by atoms with Crippen LogP contribution in [0.4, 0.5) is 37.8 Å². The molecule has 0 aliphatic rings. The van der Waals surface area contributed by atoms with Crippen LogP contribution < -0.4 is 23.5 Å². The number of anilines is 2. The molecule has 0 saturated carbocycles. The van der Waals surface area contributed by atoms with Gasteiger partial charge in [-0.25, -0.2) is 9.37 Å². The number of fused-ring (bicyclic) bond motifs is 1. The van der Waals surface area contributed by atoms with Crippen LogP contribution in [0, 0.1) is 5.82 Å². The molecule has 3 rings (SSSR count). The number of likely N-dealkylation sites (N-methyl/N-ethyl adjacent to an activating group) is 1. The summed E-state index contributed by atoms with van der Waals surface area (Å²) in [5.74, 6) is -8.75. The summed E-state index contributed by atoms with van der Waals surface area (Å²) in [6, 6.07) is 0.0390. The highest BCUT2D eigenvalue weighted by Gasteiger charge is 2.58. The van der Waals surface area contributed by atoms with Crippen LogP contribution in [0.2, 0.25) is 0 Å². The first-order chi connectivity index (χ1) is 15.8. The second-order valence-corrected chi connectivity index (χ2v) is 7.25. The molecule has 0 fully saturated rings. The van der Waals surface area contributed by atoms with Crippen molar-refractivity contribution in [3.63, 3.8) is 0 Å². The van der Waals surface area contributed by atoms with Crippen molar-refractivity contribution in [1.29, 1.82) is 0 Å². The first-order valence-corrected chi connectivity index (χ1v) is 9.73. The van der Waals surface area contributed by atoms with Gasteiger partial charge in [-0.05, 0) is 19.9 Å². The molecular weight excluding hydrogens is 506 g/mol. The molecule has 35 heavy (non-hydrogen) atoms. The minimum Gasteiger partial charge on any atom is -1.00 e. The highest BCUT2D eigenvalue weighted by Crippen LogP contribution is 2.44. The fraction of sp³-hybridized carbons (Fsp3) is 0.300. The van der Waals surface area contributed by atoms with Crippen molar-refractivity contribution in [2.75, 3.05) is 17.6 Å². The molecule has 2 aromatic heterocycles. The average Bonchev–Trinajstić information content (AvgIpc) is 3.26. The molecule has 4 N–H and O–H groups in total. The van der Waals surface area contributed by atoms with Gasteiger partial charge in [-0.3, -0.25) is 14.7 Å². The Kier molecular flexibility index (Phi) is 7.89. The van der Waals surface area contributed by atoms with Gasteiger partial charge in [0.1, 0.15) is 11.6 Å². The van der Waals surface area contributed by atoms with Gasteiger partial charge in [-0.15, -0.1) is 0 Å².